The van der Waals surface area contributed by atoms with Crippen LogP contribution in [0.2, 0.25) is 0 Å². The Morgan fingerprint density at radius 1 is 0.885 bits per heavy atom. The molecule has 0 aliphatic carbocycles. The standard InChI is InChI=1S/C19H11N3O2S2/c23-17-13-7-1-4-11-5-2-8-14(16(11)13)18(24)22(17)19-21-20-15(26-19)10-12-6-3-9-25-12/h1-9H,10H2. The van der Waals surface area contributed by atoms with Gasteiger partial charge in [-0.25, -0.2) is 4.90 Å². The molecular weight excluding hydrogens is 366 g/mol. The molecule has 5 rings (SSSR count). The van der Waals surface area contributed by atoms with Crippen molar-refractivity contribution in [3.8, 4) is 0 Å². The number of nitrogens with zero attached hydrogens (tertiary/aromatic N) is 3. The van der Waals surface area contributed by atoms with E-state index in [1.54, 1.807) is 23.5 Å². The summed E-state index contributed by atoms with van der Waals surface area (Å²) in [5.41, 5.74) is 1.04. The van der Waals surface area contributed by atoms with E-state index in [2.05, 4.69) is 10.2 Å². The lowest BCUT2D eigenvalue weighted by Crippen LogP contribution is -2.40. The third-order valence-electron chi connectivity index (χ3n) is 4.32. The van der Waals surface area contributed by atoms with Crippen LogP contribution in [0, 0.1) is 0 Å². The summed E-state index contributed by atoms with van der Waals surface area (Å²) in [7, 11) is 0. The molecule has 2 aromatic carbocycles. The highest BCUT2D eigenvalue weighted by molar-refractivity contribution is 7.16. The predicted molar refractivity (Wildman–Crippen MR) is 102 cm³/mol. The van der Waals surface area contributed by atoms with Gasteiger partial charge in [0.05, 0.1) is 0 Å². The third-order valence-corrected chi connectivity index (χ3v) is 6.11. The Hall–Kier alpha value is -2.90. The van der Waals surface area contributed by atoms with Crippen LogP contribution in [-0.2, 0) is 6.42 Å². The molecule has 0 atom stereocenters. The van der Waals surface area contributed by atoms with Crippen LogP contribution in [0.1, 0.15) is 30.6 Å². The van der Waals surface area contributed by atoms with Crippen LogP contribution in [0.5, 0.6) is 0 Å². The summed E-state index contributed by atoms with van der Waals surface area (Å²) < 4.78 is 0. The molecule has 5 nitrogen and oxygen atoms in total. The topological polar surface area (TPSA) is 63.2 Å². The normalized spacial score (nSPS) is 13.6. The van der Waals surface area contributed by atoms with E-state index in [1.165, 1.54) is 16.2 Å². The van der Waals surface area contributed by atoms with E-state index in [0.717, 1.165) is 15.3 Å². The molecule has 0 fully saturated rings. The number of carbonyl (C=O) groups excluding carboxylic acids is 2. The minimum atomic E-state index is -0.349. The van der Waals surface area contributed by atoms with Gasteiger partial charge in [-0.1, -0.05) is 41.7 Å². The van der Waals surface area contributed by atoms with Gasteiger partial charge in [-0.2, -0.15) is 0 Å². The van der Waals surface area contributed by atoms with Crippen molar-refractivity contribution in [1.82, 2.24) is 10.2 Å². The summed E-state index contributed by atoms with van der Waals surface area (Å²) in [6, 6.07) is 15.0. The summed E-state index contributed by atoms with van der Waals surface area (Å²) in [6.07, 6.45) is 0.651. The molecule has 2 aromatic heterocycles. The Morgan fingerprint density at radius 3 is 2.27 bits per heavy atom. The maximum absolute atomic E-state index is 13.0. The molecule has 26 heavy (non-hydrogen) atoms. The molecule has 7 heteroatoms. The zero-order valence-corrected chi connectivity index (χ0v) is 15.0. The number of benzene rings is 2. The van der Waals surface area contributed by atoms with Crippen LogP contribution in [0.4, 0.5) is 5.13 Å². The summed E-state index contributed by atoms with van der Waals surface area (Å²) in [6.45, 7) is 0. The first-order valence-electron chi connectivity index (χ1n) is 7.97. The van der Waals surface area contributed by atoms with E-state index in [-0.39, 0.29) is 11.8 Å². The molecule has 0 saturated heterocycles. The second-order valence-electron chi connectivity index (χ2n) is 5.89. The average molecular weight is 377 g/mol. The number of imide groups is 1. The number of thiophene rings is 1. The predicted octanol–water partition coefficient (Wildman–Crippen LogP) is 4.14. The van der Waals surface area contributed by atoms with Gasteiger partial charge in [0, 0.05) is 27.8 Å². The van der Waals surface area contributed by atoms with Gasteiger partial charge in [-0.15, -0.1) is 21.5 Å². The van der Waals surface area contributed by atoms with Crippen molar-refractivity contribution >= 4 is 50.4 Å². The summed E-state index contributed by atoms with van der Waals surface area (Å²) >= 11 is 2.92. The van der Waals surface area contributed by atoms with Crippen LogP contribution >= 0.6 is 22.7 Å². The van der Waals surface area contributed by atoms with Crippen molar-refractivity contribution in [2.45, 2.75) is 6.42 Å². The minimum absolute atomic E-state index is 0.318. The lowest BCUT2D eigenvalue weighted by atomic mass is 9.94. The van der Waals surface area contributed by atoms with Gasteiger partial charge in [-0.05, 0) is 29.0 Å². The molecule has 0 radical (unpaired) electrons. The lowest BCUT2D eigenvalue weighted by molar-refractivity contribution is 0.0893. The minimum Gasteiger partial charge on any atom is -0.268 e. The molecule has 0 N–H and O–H groups in total. The molecule has 126 valence electrons. The number of aromatic nitrogens is 2. The van der Waals surface area contributed by atoms with Gasteiger partial charge in [0.2, 0.25) is 5.13 Å². The Labute approximate surface area is 156 Å². The van der Waals surface area contributed by atoms with Crippen molar-refractivity contribution in [1.29, 1.82) is 0 Å². The second-order valence-corrected chi connectivity index (χ2v) is 7.96. The fourth-order valence-corrected chi connectivity index (χ4v) is 4.83. The first kappa shape index (κ1) is 15.4. The number of carbonyl (C=O) groups is 2. The molecule has 0 unspecified atom stereocenters. The zero-order chi connectivity index (χ0) is 17.7. The van der Waals surface area contributed by atoms with Gasteiger partial charge in [0.1, 0.15) is 5.01 Å². The van der Waals surface area contributed by atoms with Crippen molar-refractivity contribution in [3.63, 3.8) is 0 Å². The van der Waals surface area contributed by atoms with Crippen molar-refractivity contribution in [3.05, 3.63) is 74.9 Å². The maximum atomic E-state index is 13.0. The van der Waals surface area contributed by atoms with Crippen LogP contribution < -0.4 is 4.90 Å². The smallest absolute Gasteiger partial charge is 0.267 e. The van der Waals surface area contributed by atoms with Crippen LogP contribution in [0.15, 0.2) is 53.9 Å². The van der Waals surface area contributed by atoms with Crippen molar-refractivity contribution < 1.29 is 9.59 Å². The zero-order valence-electron chi connectivity index (χ0n) is 13.4. The van der Waals surface area contributed by atoms with Crippen LogP contribution in [-0.4, -0.2) is 22.0 Å². The van der Waals surface area contributed by atoms with Gasteiger partial charge in [0.25, 0.3) is 11.8 Å². The first-order valence-corrected chi connectivity index (χ1v) is 9.67. The van der Waals surface area contributed by atoms with E-state index in [9.17, 15) is 9.59 Å². The molecule has 0 spiro atoms. The number of rotatable bonds is 3. The first-order chi connectivity index (χ1) is 12.7. The number of hydrogen-bond donors (Lipinski definition) is 0. The molecule has 4 aromatic rings. The fourth-order valence-electron chi connectivity index (χ4n) is 3.17. The number of anilines is 1. The van der Waals surface area contributed by atoms with E-state index < -0.39 is 0 Å². The van der Waals surface area contributed by atoms with Crippen molar-refractivity contribution in [2.24, 2.45) is 0 Å². The SMILES string of the molecule is O=C1c2cccc3cccc(c23)C(=O)N1c1nnc(Cc2cccs2)s1. The van der Waals surface area contributed by atoms with Crippen LogP contribution in [0.25, 0.3) is 10.8 Å². The molecule has 0 saturated carbocycles. The molecule has 1 aliphatic heterocycles. The lowest BCUT2D eigenvalue weighted by Gasteiger charge is -2.24. The monoisotopic (exact) mass is 377 g/mol. The second kappa shape index (κ2) is 5.82. The van der Waals surface area contributed by atoms with E-state index in [4.69, 9.17) is 0 Å². The highest BCUT2D eigenvalue weighted by atomic mass is 32.1. The third kappa shape index (κ3) is 2.28. The summed E-state index contributed by atoms with van der Waals surface area (Å²) in [5.74, 6) is -0.698. The van der Waals surface area contributed by atoms with Gasteiger partial charge in [0.15, 0.2) is 0 Å². The Kier molecular flexibility index (Phi) is 3.44. The highest BCUT2D eigenvalue weighted by Gasteiger charge is 2.35. The summed E-state index contributed by atoms with van der Waals surface area (Å²) in [4.78, 5) is 28.3. The van der Waals surface area contributed by atoms with Gasteiger partial charge >= 0.3 is 0 Å². The van der Waals surface area contributed by atoms with Gasteiger partial charge < -0.3 is 0 Å². The van der Waals surface area contributed by atoms with E-state index in [0.29, 0.717) is 28.1 Å². The number of amides is 2. The molecule has 3 heterocycles. The Bertz CT molecular complexity index is 1110. The number of hydrogen-bond acceptors (Lipinski definition) is 6. The molecular formula is C19H11N3O2S2. The fraction of sp³-hybridized carbons (Fsp3) is 0.0526. The highest BCUT2D eigenvalue weighted by Crippen LogP contribution is 2.34. The Morgan fingerprint density at radius 2 is 1.62 bits per heavy atom. The van der Waals surface area contributed by atoms with E-state index in [1.807, 2.05) is 41.8 Å². The van der Waals surface area contributed by atoms with Crippen LogP contribution in [0.3, 0.4) is 0 Å². The van der Waals surface area contributed by atoms with E-state index >= 15 is 0 Å². The van der Waals surface area contributed by atoms with Crippen molar-refractivity contribution in [2.75, 3.05) is 4.90 Å². The largest absolute Gasteiger partial charge is 0.268 e. The van der Waals surface area contributed by atoms with Gasteiger partial charge in [-0.3, -0.25) is 9.59 Å². The molecule has 1 aliphatic rings. The Balaban J connectivity index is 1.58. The average Bonchev–Trinajstić information content (AvgIpc) is 3.32. The maximum Gasteiger partial charge on any atom is 0.267 e. The quantitative estimate of drug-likeness (QED) is 0.503. The molecule has 2 amide bonds. The summed E-state index contributed by atoms with van der Waals surface area (Å²) in [5, 5.41) is 13.0. The molecule has 0 bridgehead atoms.